The fourth-order valence-corrected chi connectivity index (χ4v) is 1.38. The number of benzene rings is 1. The summed E-state index contributed by atoms with van der Waals surface area (Å²) in [6.45, 7) is 6.13. The molecule has 1 N–H and O–H groups in total. The number of nitrogens with one attached hydrogen (secondary N) is 1. The van der Waals surface area contributed by atoms with E-state index in [-0.39, 0.29) is 11.9 Å². The van der Waals surface area contributed by atoms with Gasteiger partial charge in [-0.2, -0.15) is 5.26 Å². The van der Waals surface area contributed by atoms with Crippen LogP contribution in [0.5, 0.6) is 0 Å². The van der Waals surface area contributed by atoms with Gasteiger partial charge in [0.2, 0.25) is 0 Å². The van der Waals surface area contributed by atoms with Gasteiger partial charge in [-0.3, -0.25) is 0 Å². The van der Waals surface area contributed by atoms with Gasteiger partial charge in [0.15, 0.2) is 0 Å². The van der Waals surface area contributed by atoms with E-state index in [1.165, 1.54) is 6.07 Å². The number of nitrogens with zero attached hydrogens (tertiary/aromatic N) is 1. The fraction of sp³-hybridized carbons (Fsp3) is 0.308. The SMILES string of the molecule is C=CCC(C)NCc1ccc(C#N)cc1F. The zero-order chi connectivity index (χ0) is 12.0. The van der Waals surface area contributed by atoms with Gasteiger partial charge in [0, 0.05) is 18.2 Å². The lowest BCUT2D eigenvalue weighted by Gasteiger charge is -2.11. The molecule has 0 bridgehead atoms. The van der Waals surface area contributed by atoms with Crippen molar-refractivity contribution in [1.29, 1.82) is 5.26 Å². The van der Waals surface area contributed by atoms with Gasteiger partial charge in [-0.15, -0.1) is 6.58 Å². The lowest BCUT2D eigenvalue weighted by atomic mass is 10.1. The highest BCUT2D eigenvalue weighted by Crippen LogP contribution is 2.10. The summed E-state index contributed by atoms with van der Waals surface area (Å²) in [5.41, 5.74) is 0.926. The second kappa shape index (κ2) is 6.04. The summed E-state index contributed by atoms with van der Waals surface area (Å²) in [5.74, 6) is -0.336. The molecule has 0 saturated heterocycles. The quantitative estimate of drug-likeness (QED) is 0.771. The first-order valence-corrected chi connectivity index (χ1v) is 5.20. The normalized spacial score (nSPS) is 11.8. The van der Waals surface area contributed by atoms with Crippen molar-refractivity contribution in [1.82, 2.24) is 5.32 Å². The number of nitriles is 1. The second-order valence-electron chi connectivity index (χ2n) is 3.72. The van der Waals surface area contributed by atoms with Gasteiger partial charge in [-0.1, -0.05) is 12.1 Å². The summed E-state index contributed by atoms with van der Waals surface area (Å²) in [7, 11) is 0. The number of hydrogen-bond donors (Lipinski definition) is 1. The van der Waals surface area contributed by atoms with Crippen LogP contribution >= 0.6 is 0 Å². The molecule has 2 nitrogen and oxygen atoms in total. The Morgan fingerprint density at radius 2 is 2.38 bits per heavy atom. The minimum Gasteiger partial charge on any atom is -0.310 e. The molecular weight excluding hydrogens is 203 g/mol. The highest BCUT2D eigenvalue weighted by Gasteiger charge is 2.05. The molecule has 1 aromatic carbocycles. The topological polar surface area (TPSA) is 35.8 Å². The Bertz CT molecular complexity index is 407. The van der Waals surface area contributed by atoms with Crippen LogP contribution in [0.25, 0.3) is 0 Å². The van der Waals surface area contributed by atoms with Crippen molar-refractivity contribution in [2.24, 2.45) is 0 Å². The van der Waals surface area contributed by atoms with Crippen LogP contribution in [0.4, 0.5) is 4.39 Å². The Kier molecular flexibility index (Phi) is 4.68. The van der Waals surface area contributed by atoms with Crippen LogP contribution in [0, 0.1) is 17.1 Å². The second-order valence-corrected chi connectivity index (χ2v) is 3.72. The van der Waals surface area contributed by atoms with E-state index in [1.54, 1.807) is 12.1 Å². The minimum atomic E-state index is -0.336. The molecular formula is C13H15FN2. The predicted octanol–water partition coefficient (Wildman–Crippen LogP) is 2.75. The van der Waals surface area contributed by atoms with Crippen LogP contribution < -0.4 is 5.32 Å². The van der Waals surface area contributed by atoms with Crippen LogP contribution in [0.15, 0.2) is 30.9 Å². The molecule has 1 atom stereocenters. The first-order valence-electron chi connectivity index (χ1n) is 5.20. The Morgan fingerprint density at radius 1 is 1.62 bits per heavy atom. The monoisotopic (exact) mass is 218 g/mol. The van der Waals surface area contributed by atoms with Crippen LogP contribution in [0.2, 0.25) is 0 Å². The maximum atomic E-state index is 13.5. The number of rotatable bonds is 5. The zero-order valence-corrected chi connectivity index (χ0v) is 9.33. The standard InChI is InChI=1S/C13H15FN2/c1-3-4-10(2)16-9-12-6-5-11(8-15)7-13(12)14/h3,5-7,10,16H,1,4,9H2,2H3. The van der Waals surface area contributed by atoms with Gasteiger partial charge in [-0.05, 0) is 25.5 Å². The highest BCUT2D eigenvalue weighted by molar-refractivity contribution is 5.32. The van der Waals surface area contributed by atoms with Crippen molar-refractivity contribution in [3.63, 3.8) is 0 Å². The average molecular weight is 218 g/mol. The third-order valence-corrected chi connectivity index (χ3v) is 2.34. The molecule has 1 rings (SSSR count). The van der Waals surface area contributed by atoms with Gasteiger partial charge >= 0.3 is 0 Å². The van der Waals surface area contributed by atoms with Gasteiger partial charge in [0.25, 0.3) is 0 Å². The van der Waals surface area contributed by atoms with Crippen molar-refractivity contribution in [3.05, 3.63) is 47.8 Å². The van der Waals surface area contributed by atoms with Gasteiger partial charge < -0.3 is 5.32 Å². The molecule has 0 aliphatic carbocycles. The third-order valence-electron chi connectivity index (χ3n) is 2.34. The van der Waals surface area contributed by atoms with Crippen molar-refractivity contribution >= 4 is 0 Å². The van der Waals surface area contributed by atoms with E-state index in [2.05, 4.69) is 11.9 Å². The smallest absolute Gasteiger partial charge is 0.129 e. The predicted molar refractivity (Wildman–Crippen MR) is 62.2 cm³/mol. The van der Waals surface area contributed by atoms with Crippen molar-refractivity contribution in [2.45, 2.75) is 25.9 Å². The third kappa shape index (κ3) is 3.48. The zero-order valence-electron chi connectivity index (χ0n) is 9.33. The van der Waals surface area contributed by atoms with E-state index in [4.69, 9.17) is 5.26 Å². The summed E-state index contributed by atoms with van der Waals surface area (Å²) in [6.07, 6.45) is 2.67. The van der Waals surface area contributed by atoms with E-state index in [9.17, 15) is 4.39 Å². The van der Waals surface area contributed by atoms with E-state index >= 15 is 0 Å². The molecule has 1 aromatic rings. The molecule has 84 valence electrons. The number of hydrogen-bond acceptors (Lipinski definition) is 2. The summed E-state index contributed by atoms with van der Waals surface area (Å²) < 4.78 is 13.5. The van der Waals surface area contributed by atoms with Gasteiger partial charge in [0.1, 0.15) is 5.82 Å². The molecule has 16 heavy (non-hydrogen) atoms. The van der Waals surface area contributed by atoms with Crippen LogP contribution in [-0.2, 0) is 6.54 Å². The Hall–Kier alpha value is -1.66. The minimum absolute atomic E-state index is 0.271. The molecule has 0 aliphatic rings. The van der Waals surface area contributed by atoms with Crippen molar-refractivity contribution in [3.8, 4) is 6.07 Å². The lowest BCUT2D eigenvalue weighted by Crippen LogP contribution is -2.25. The first kappa shape index (κ1) is 12.4. The van der Waals surface area contributed by atoms with Gasteiger partial charge in [-0.25, -0.2) is 4.39 Å². The molecule has 0 aromatic heterocycles. The number of halogens is 1. The van der Waals surface area contributed by atoms with Crippen LogP contribution in [0.3, 0.4) is 0 Å². The Labute approximate surface area is 95.4 Å². The largest absolute Gasteiger partial charge is 0.310 e. The molecule has 0 fully saturated rings. The van der Waals surface area contributed by atoms with E-state index in [0.717, 1.165) is 6.42 Å². The average Bonchev–Trinajstić information content (AvgIpc) is 2.27. The molecule has 1 unspecified atom stereocenters. The summed E-state index contributed by atoms with van der Waals surface area (Å²) in [5, 5.41) is 11.8. The van der Waals surface area contributed by atoms with Gasteiger partial charge in [0.05, 0.1) is 11.6 Å². The maximum absolute atomic E-state index is 13.5. The molecule has 0 amide bonds. The molecule has 0 saturated carbocycles. The molecule has 0 radical (unpaired) electrons. The summed E-state index contributed by atoms with van der Waals surface area (Å²) >= 11 is 0. The summed E-state index contributed by atoms with van der Waals surface area (Å²) in [4.78, 5) is 0. The Morgan fingerprint density at radius 3 is 2.94 bits per heavy atom. The maximum Gasteiger partial charge on any atom is 0.129 e. The van der Waals surface area contributed by atoms with E-state index < -0.39 is 0 Å². The lowest BCUT2D eigenvalue weighted by molar-refractivity contribution is 0.531. The van der Waals surface area contributed by atoms with Crippen LogP contribution in [-0.4, -0.2) is 6.04 Å². The van der Waals surface area contributed by atoms with Crippen molar-refractivity contribution in [2.75, 3.05) is 0 Å². The molecule has 0 heterocycles. The van der Waals surface area contributed by atoms with E-state index in [0.29, 0.717) is 17.7 Å². The fourth-order valence-electron chi connectivity index (χ4n) is 1.38. The summed E-state index contributed by atoms with van der Waals surface area (Å²) in [6, 6.07) is 6.70. The van der Waals surface area contributed by atoms with E-state index in [1.807, 2.05) is 19.1 Å². The Balaban J connectivity index is 2.61. The molecule has 0 aliphatic heterocycles. The van der Waals surface area contributed by atoms with Crippen LogP contribution in [0.1, 0.15) is 24.5 Å². The van der Waals surface area contributed by atoms with Crippen molar-refractivity contribution < 1.29 is 4.39 Å². The molecule has 3 heteroatoms. The molecule has 0 spiro atoms. The highest BCUT2D eigenvalue weighted by atomic mass is 19.1. The first-order chi connectivity index (χ1) is 7.67.